The third-order valence-electron chi connectivity index (χ3n) is 12.4. The molecule has 0 saturated carbocycles. The number of aliphatic hydroxyl groups is 2. The van der Waals surface area contributed by atoms with Gasteiger partial charge in [0, 0.05) is 12.8 Å². The van der Waals surface area contributed by atoms with E-state index in [4.69, 9.17) is 4.74 Å². The lowest BCUT2D eigenvalue weighted by atomic mass is 10.0. The number of hydrogen-bond donors (Lipinski definition) is 3. The average Bonchev–Trinajstić information content (AvgIpc) is 3.27. The Kier molecular flexibility index (Phi) is 50.1. The number of hydrogen-bond acceptors (Lipinski definition) is 5. The largest absolute Gasteiger partial charge is 0.466 e. The molecule has 0 aromatic carbocycles. The Morgan fingerprint density at radius 3 is 1.24 bits per heavy atom. The lowest BCUT2D eigenvalue weighted by Gasteiger charge is -2.22. The third kappa shape index (κ3) is 47.6. The summed E-state index contributed by atoms with van der Waals surface area (Å²) in [5.41, 5.74) is 0. The Morgan fingerprint density at radius 2 is 0.806 bits per heavy atom. The minimum Gasteiger partial charge on any atom is -0.466 e. The molecule has 2 atom stereocenters. The number of unbranched alkanes of at least 4 members (excludes halogenated alkanes) is 34. The quantitative estimate of drug-likeness (QED) is 0.0245. The number of allylic oxidation sites excluding steroid dienone is 6. The van der Waals surface area contributed by atoms with Crippen LogP contribution in [0.15, 0.2) is 36.5 Å². The van der Waals surface area contributed by atoms with Crippen molar-refractivity contribution in [3.8, 4) is 0 Å². The monoisotopic (exact) mass is 872 g/mol. The van der Waals surface area contributed by atoms with E-state index in [0.717, 1.165) is 77.0 Å². The molecule has 1 amide bonds. The molecule has 0 aliphatic carbocycles. The molecule has 0 rings (SSSR count). The summed E-state index contributed by atoms with van der Waals surface area (Å²) in [4.78, 5) is 24.5. The van der Waals surface area contributed by atoms with Crippen molar-refractivity contribution in [1.82, 2.24) is 5.32 Å². The number of amides is 1. The van der Waals surface area contributed by atoms with Gasteiger partial charge in [-0.3, -0.25) is 9.59 Å². The van der Waals surface area contributed by atoms with E-state index in [9.17, 15) is 19.8 Å². The first-order valence-electron chi connectivity index (χ1n) is 27.3. The Hall–Kier alpha value is -1.92. The highest BCUT2D eigenvalue weighted by atomic mass is 16.5. The molecule has 0 spiro atoms. The number of carbonyl (C=O) groups is 2. The maximum absolute atomic E-state index is 12.5. The van der Waals surface area contributed by atoms with E-state index in [1.54, 1.807) is 0 Å². The van der Waals surface area contributed by atoms with Gasteiger partial charge in [0.1, 0.15) is 0 Å². The normalized spacial score (nSPS) is 12.9. The number of rotatable bonds is 50. The van der Waals surface area contributed by atoms with Crippen molar-refractivity contribution in [1.29, 1.82) is 0 Å². The predicted octanol–water partition coefficient (Wildman–Crippen LogP) is 16.5. The summed E-state index contributed by atoms with van der Waals surface area (Å²) in [6, 6.07) is -0.558. The third-order valence-corrected chi connectivity index (χ3v) is 12.4. The maximum atomic E-state index is 12.5. The van der Waals surface area contributed by atoms with Gasteiger partial charge in [-0.1, -0.05) is 224 Å². The zero-order chi connectivity index (χ0) is 45.1. The molecule has 0 bridgehead atoms. The van der Waals surface area contributed by atoms with E-state index in [-0.39, 0.29) is 18.5 Å². The first kappa shape index (κ1) is 60.1. The van der Waals surface area contributed by atoms with Crippen LogP contribution in [0.25, 0.3) is 0 Å². The molecule has 6 nitrogen and oxygen atoms in total. The fourth-order valence-electron chi connectivity index (χ4n) is 8.21. The van der Waals surface area contributed by atoms with Crippen LogP contribution in [0, 0.1) is 0 Å². The van der Waals surface area contributed by atoms with Crippen molar-refractivity contribution >= 4 is 11.9 Å². The highest BCUT2D eigenvalue weighted by Gasteiger charge is 2.20. The molecular formula is C56H105NO5. The number of carbonyl (C=O) groups excluding carboxylic acids is 2. The predicted molar refractivity (Wildman–Crippen MR) is 269 cm³/mol. The summed E-state index contributed by atoms with van der Waals surface area (Å²) in [7, 11) is 0. The second-order valence-corrected chi connectivity index (χ2v) is 18.6. The van der Waals surface area contributed by atoms with Crippen LogP contribution in [0.2, 0.25) is 0 Å². The van der Waals surface area contributed by atoms with Crippen molar-refractivity contribution in [3.05, 3.63) is 36.5 Å². The van der Waals surface area contributed by atoms with Gasteiger partial charge in [-0.2, -0.15) is 0 Å². The van der Waals surface area contributed by atoms with E-state index in [2.05, 4.69) is 55.6 Å². The number of nitrogens with one attached hydrogen (secondary N) is 1. The molecule has 0 radical (unpaired) electrons. The zero-order valence-electron chi connectivity index (χ0n) is 41.4. The number of esters is 1. The fourth-order valence-corrected chi connectivity index (χ4v) is 8.21. The van der Waals surface area contributed by atoms with E-state index in [0.29, 0.717) is 25.9 Å². The molecule has 3 N–H and O–H groups in total. The molecule has 0 heterocycles. The molecular weight excluding hydrogens is 767 g/mol. The minimum absolute atomic E-state index is 0.0304. The van der Waals surface area contributed by atoms with Crippen LogP contribution in [-0.2, 0) is 14.3 Å². The smallest absolute Gasteiger partial charge is 0.305 e. The molecule has 0 aromatic rings. The van der Waals surface area contributed by atoms with Gasteiger partial charge in [-0.05, 0) is 83.5 Å². The van der Waals surface area contributed by atoms with Crippen molar-refractivity contribution in [3.63, 3.8) is 0 Å². The Labute approximate surface area is 385 Å². The summed E-state index contributed by atoms with van der Waals surface area (Å²) in [6.07, 6.45) is 62.6. The zero-order valence-corrected chi connectivity index (χ0v) is 41.4. The maximum Gasteiger partial charge on any atom is 0.305 e. The van der Waals surface area contributed by atoms with Crippen LogP contribution in [-0.4, -0.2) is 47.4 Å². The summed E-state index contributed by atoms with van der Waals surface area (Å²) in [6.45, 7) is 4.88. The van der Waals surface area contributed by atoms with Gasteiger partial charge in [0.25, 0.3) is 0 Å². The molecule has 0 saturated heterocycles. The molecule has 0 fully saturated rings. The van der Waals surface area contributed by atoms with E-state index in [1.165, 1.54) is 173 Å². The lowest BCUT2D eigenvalue weighted by Crippen LogP contribution is -2.45. The van der Waals surface area contributed by atoms with Crippen LogP contribution < -0.4 is 5.32 Å². The summed E-state index contributed by atoms with van der Waals surface area (Å²) < 4.78 is 5.44. The van der Waals surface area contributed by atoms with Gasteiger partial charge in [-0.15, -0.1) is 0 Å². The lowest BCUT2D eigenvalue weighted by molar-refractivity contribution is -0.143. The van der Waals surface area contributed by atoms with Gasteiger partial charge in [0.05, 0.1) is 25.4 Å². The number of aliphatic hydroxyl groups excluding tert-OH is 2. The van der Waals surface area contributed by atoms with Crippen LogP contribution >= 0.6 is 0 Å². The van der Waals surface area contributed by atoms with Crippen LogP contribution in [0.4, 0.5) is 0 Å². The fraction of sp³-hybridized carbons (Fsp3) is 0.857. The molecule has 0 aliphatic heterocycles. The van der Waals surface area contributed by atoms with Gasteiger partial charge in [0.2, 0.25) is 5.91 Å². The van der Waals surface area contributed by atoms with Crippen molar-refractivity contribution in [2.45, 2.75) is 296 Å². The van der Waals surface area contributed by atoms with Crippen molar-refractivity contribution in [2.24, 2.45) is 0 Å². The van der Waals surface area contributed by atoms with Gasteiger partial charge < -0.3 is 20.3 Å². The molecule has 0 aliphatic rings. The second kappa shape index (κ2) is 51.7. The van der Waals surface area contributed by atoms with E-state index in [1.807, 2.05) is 0 Å². The molecule has 62 heavy (non-hydrogen) atoms. The summed E-state index contributed by atoms with van der Waals surface area (Å²) >= 11 is 0. The number of ether oxygens (including phenoxy) is 1. The van der Waals surface area contributed by atoms with Gasteiger partial charge in [-0.25, -0.2) is 0 Å². The van der Waals surface area contributed by atoms with Crippen molar-refractivity contribution < 1.29 is 24.5 Å². The van der Waals surface area contributed by atoms with Gasteiger partial charge >= 0.3 is 5.97 Å². The average molecular weight is 872 g/mol. The highest BCUT2D eigenvalue weighted by molar-refractivity contribution is 5.76. The molecule has 2 unspecified atom stereocenters. The highest BCUT2D eigenvalue weighted by Crippen LogP contribution is 2.16. The Morgan fingerprint density at radius 1 is 0.452 bits per heavy atom. The SMILES string of the molecule is CCCCCCC/C=C\CCCCCCCC(=O)OCCCCC/C=C\C=C/CCCCCCCCC(=O)NC(CO)C(O)CCCCCCCCCCCCCCCCCC. The van der Waals surface area contributed by atoms with Gasteiger partial charge in [0.15, 0.2) is 0 Å². The topological polar surface area (TPSA) is 95.9 Å². The van der Waals surface area contributed by atoms with E-state index < -0.39 is 12.1 Å². The first-order valence-corrected chi connectivity index (χ1v) is 27.3. The van der Waals surface area contributed by atoms with Crippen molar-refractivity contribution in [2.75, 3.05) is 13.2 Å². The molecule has 364 valence electrons. The summed E-state index contributed by atoms with van der Waals surface area (Å²) in [5, 5.41) is 23.2. The summed E-state index contributed by atoms with van der Waals surface area (Å²) in [5.74, 6) is -0.0876. The van der Waals surface area contributed by atoms with Crippen LogP contribution in [0.1, 0.15) is 284 Å². The standard InChI is InChI=1S/C56H105NO5/c1-3-5-7-9-11-13-15-17-19-21-24-28-32-36-40-44-48-54(59)53(52-58)57-55(60)49-45-41-37-33-29-25-22-20-23-27-31-35-39-43-47-51-62-56(61)50-46-42-38-34-30-26-18-16-14-12-10-8-6-4-2/h16,18,20,23,27,31,53-54,58-59H,3-15,17,19,21-22,24-26,28-30,32-52H2,1-2H3,(H,57,60)/b18-16-,23-20-,31-27-. The first-order chi connectivity index (χ1) is 30.5. The minimum atomic E-state index is -0.679. The van der Waals surface area contributed by atoms with Crippen LogP contribution in [0.3, 0.4) is 0 Å². The van der Waals surface area contributed by atoms with E-state index >= 15 is 0 Å². The Bertz CT molecular complexity index is 1010. The van der Waals surface area contributed by atoms with Crippen LogP contribution in [0.5, 0.6) is 0 Å². The molecule has 6 heteroatoms. The Balaban J connectivity index is 3.53. The molecule has 0 aromatic heterocycles. The second-order valence-electron chi connectivity index (χ2n) is 18.6.